The van der Waals surface area contributed by atoms with Gasteiger partial charge in [-0.15, -0.1) is 11.3 Å². The second-order valence-corrected chi connectivity index (χ2v) is 9.69. The zero-order valence-electron chi connectivity index (χ0n) is 20.0. The molecule has 3 aromatic rings. The van der Waals surface area contributed by atoms with E-state index in [1.807, 2.05) is 39.9 Å². The summed E-state index contributed by atoms with van der Waals surface area (Å²) >= 11 is 1.49. The lowest BCUT2D eigenvalue weighted by Crippen LogP contribution is -2.43. The van der Waals surface area contributed by atoms with Crippen molar-refractivity contribution in [2.45, 2.75) is 32.2 Å². The topological polar surface area (TPSA) is 91.6 Å². The maximum atomic E-state index is 13.0. The van der Waals surface area contributed by atoms with Gasteiger partial charge in [0.05, 0.1) is 0 Å². The molecule has 0 atom stereocenters. The van der Waals surface area contributed by atoms with Crippen LogP contribution in [0.25, 0.3) is 0 Å². The number of hydrogen-bond donors (Lipinski definition) is 2. The summed E-state index contributed by atoms with van der Waals surface area (Å²) in [7, 11) is 0. The largest absolute Gasteiger partial charge is 0.398 e. The highest BCUT2D eigenvalue weighted by atomic mass is 32.1. The van der Waals surface area contributed by atoms with Crippen molar-refractivity contribution in [3.8, 4) is 0 Å². The Hall–Kier alpha value is -3.23. The monoisotopic (exact) mass is 491 g/mol. The molecule has 0 spiro atoms. The number of urea groups is 1. The SMILES string of the molecule is Nc1cscc1CC(=O)c1ccc(CN(CCN2CCCC2)C(=O)NCCc2ccccc2)cn1. The number of nitrogen functional groups attached to an aromatic ring is 1. The Balaban J connectivity index is 1.35. The van der Waals surface area contributed by atoms with Crippen molar-refractivity contribution in [1.29, 1.82) is 0 Å². The van der Waals surface area contributed by atoms with Crippen molar-refractivity contribution in [1.82, 2.24) is 20.1 Å². The standard InChI is InChI=1S/C27H33N5O2S/c28-24-20-35-19-23(24)16-26(33)25-9-8-22(17-30-25)18-32(15-14-31-12-4-5-13-31)27(34)29-11-10-21-6-2-1-3-7-21/h1-3,6-9,17,19-20H,4-5,10-16,18,28H2,(H,29,34). The highest BCUT2D eigenvalue weighted by Gasteiger charge is 2.18. The first-order valence-electron chi connectivity index (χ1n) is 12.2. The Morgan fingerprint density at radius 1 is 1.06 bits per heavy atom. The number of hydrogen-bond acceptors (Lipinski definition) is 6. The van der Waals surface area contributed by atoms with Crippen LogP contribution in [-0.2, 0) is 19.4 Å². The minimum atomic E-state index is -0.0757. The lowest BCUT2D eigenvalue weighted by molar-refractivity contribution is 0.0988. The summed E-state index contributed by atoms with van der Waals surface area (Å²) in [5, 5.41) is 6.80. The molecule has 2 amide bonds. The molecule has 0 aliphatic carbocycles. The van der Waals surface area contributed by atoms with Gasteiger partial charge in [0.1, 0.15) is 5.69 Å². The third-order valence-corrected chi connectivity index (χ3v) is 7.13. The van der Waals surface area contributed by atoms with Crippen LogP contribution in [0.3, 0.4) is 0 Å². The highest BCUT2D eigenvalue weighted by molar-refractivity contribution is 7.08. The molecule has 7 nitrogen and oxygen atoms in total. The molecule has 2 aromatic heterocycles. The minimum absolute atomic E-state index is 0.0637. The number of anilines is 1. The van der Waals surface area contributed by atoms with Crippen molar-refractivity contribution in [3.05, 3.63) is 81.8 Å². The van der Waals surface area contributed by atoms with Crippen molar-refractivity contribution < 1.29 is 9.59 Å². The first-order valence-corrected chi connectivity index (χ1v) is 13.1. The van der Waals surface area contributed by atoms with E-state index >= 15 is 0 Å². The predicted octanol–water partition coefficient (Wildman–Crippen LogP) is 4.00. The molecule has 35 heavy (non-hydrogen) atoms. The van der Waals surface area contributed by atoms with Gasteiger partial charge < -0.3 is 20.9 Å². The average molecular weight is 492 g/mol. The molecule has 8 heteroatoms. The van der Waals surface area contributed by atoms with E-state index in [-0.39, 0.29) is 18.2 Å². The number of rotatable bonds is 11. The maximum absolute atomic E-state index is 13.0. The van der Waals surface area contributed by atoms with Crippen LogP contribution in [-0.4, -0.2) is 59.3 Å². The second kappa shape index (κ2) is 12.5. The molecule has 0 unspecified atom stereocenters. The van der Waals surface area contributed by atoms with Crippen LogP contribution in [0.5, 0.6) is 0 Å². The van der Waals surface area contributed by atoms with Gasteiger partial charge >= 0.3 is 6.03 Å². The smallest absolute Gasteiger partial charge is 0.317 e. The number of ketones is 1. The molecule has 0 saturated carbocycles. The lowest BCUT2D eigenvalue weighted by atomic mass is 10.1. The minimum Gasteiger partial charge on any atom is -0.398 e. The number of thiophene rings is 1. The Labute approximate surface area is 211 Å². The van der Waals surface area contributed by atoms with Gasteiger partial charge in [-0.2, -0.15) is 0 Å². The summed E-state index contributed by atoms with van der Waals surface area (Å²) in [6, 6.07) is 13.7. The molecule has 4 rings (SSSR count). The summed E-state index contributed by atoms with van der Waals surface area (Å²) < 4.78 is 0. The number of nitrogens with zero attached hydrogens (tertiary/aromatic N) is 3. The molecule has 1 aliphatic rings. The van der Waals surface area contributed by atoms with Crippen molar-refractivity contribution in [3.63, 3.8) is 0 Å². The Morgan fingerprint density at radius 2 is 1.86 bits per heavy atom. The molecule has 1 aromatic carbocycles. The third kappa shape index (κ3) is 7.37. The molecule has 1 fully saturated rings. The van der Waals surface area contributed by atoms with E-state index in [1.165, 1.54) is 29.7 Å². The van der Waals surface area contributed by atoms with Crippen molar-refractivity contribution in [2.24, 2.45) is 0 Å². The van der Waals surface area contributed by atoms with Gasteiger partial charge in [0, 0.05) is 49.9 Å². The van der Waals surface area contributed by atoms with E-state index in [4.69, 9.17) is 5.73 Å². The number of benzene rings is 1. The first-order chi connectivity index (χ1) is 17.1. The Morgan fingerprint density at radius 3 is 2.54 bits per heavy atom. The van der Waals surface area contributed by atoms with Gasteiger partial charge in [-0.1, -0.05) is 36.4 Å². The fourth-order valence-corrected chi connectivity index (χ4v) is 4.98. The molecule has 184 valence electrons. The maximum Gasteiger partial charge on any atom is 0.317 e. The van der Waals surface area contributed by atoms with Crippen LogP contribution in [0.1, 0.15) is 40.0 Å². The van der Waals surface area contributed by atoms with Crippen LogP contribution in [0.4, 0.5) is 10.5 Å². The molecular weight excluding hydrogens is 458 g/mol. The quantitative estimate of drug-likeness (QED) is 0.396. The number of likely N-dealkylation sites (tertiary alicyclic amines) is 1. The number of aromatic nitrogens is 1. The average Bonchev–Trinajstić information content (AvgIpc) is 3.54. The second-order valence-electron chi connectivity index (χ2n) is 8.94. The van der Waals surface area contributed by atoms with Gasteiger partial charge in [0.2, 0.25) is 0 Å². The van der Waals surface area contributed by atoms with Crippen molar-refractivity contribution in [2.75, 3.05) is 38.5 Å². The first kappa shape index (κ1) is 24.9. The highest BCUT2D eigenvalue weighted by Crippen LogP contribution is 2.19. The van der Waals surface area contributed by atoms with Gasteiger partial charge in [0.25, 0.3) is 0 Å². The molecule has 0 bridgehead atoms. The van der Waals surface area contributed by atoms with E-state index in [0.717, 1.165) is 37.2 Å². The van der Waals surface area contributed by atoms with Crippen LogP contribution in [0, 0.1) is 0 Å². The molecular formula is C27H33N5O2S. The number of nitrogens with one attached hydrogen (secondary N) is 1. The predicted molar refractivity (Wildman–Crippen MR) is 141 cm³/mol. The van der Waals surface area contributed by atoms with Crippen molar-refractivity contribution >= 4 is 28.8 Å². The van der Waals surface area contributed by atoms with Crippen LogP contribution in [0.2, 0.25) is 0 Å². The Bertz CT molecular complexity index is 1090. The number of carbonyl (C=O) groups is 2. The van der Waals surface area contributed by atoms with Gasteiger partial charge in [-0.25, -0.2) is 4.79 Å². The van der Waals surface area contributed by atoms with Crippen LogP contribution < -0.4 is 11.1 Å². The van der Waals surface area contributed by atoms with Gasteiger partial charge in [-0.05, 0) is 60.5 Å². The molecule has 1 aliphatic heterocycles. The molecule has 1 saturated heterocycles. The third-order valence-electron chi connectivity index (χ3n) is 6.32. The number of Topliss-reactive ketones (excluding diaryl/α,β-unsaturated/α-hetero) is 1. The molecule has 0 radical (unpaired) electrons. The van der Waals surface area contributed by atoms with E-state index in [9.17, 15) is 9.59 Å². The summed E-state index contributed by atoms with van der Waals surface area (Å²) in [5.74, 6) is -0.0637. The van der Waals surface area contributed by atoms with Gasteiger partial charge in [0.15, 0.2) is 5.78 Å². The molecule has 3 heterocycles. The fourth-order valence-electron chi connectivity index (χ4n) is 4.23. The number of carbonyl (C=O) groups excluding carboxylic acids is 2. The van der Waals surface area contributed by atoms with Crippen LogP contribution >= 0.6 is 11.3 Å². The summed E-state index contributed by atoms with van der Waals surface area (Å²) in [5.41, 5.74) is 9.90. The summed E-state index contributed by atoms with van der Waals surface area (Å²) in [6.07, 6.45) is 5.18. The summed E-state index contributed by atoms with van der Waals surface area (Å²) in [4.78, 5) is 34.3. The molecule has 3 N–H and O–H groups in total. The van der Waals surface area contributed by atoms with E-state index in [1.54, 1.807) is 12.3 Å². The van der Waals surface area contributed by atoms with E-state index in [0.29, 0.717) is 31.0 Å². The van der Waals surface area contributed by atoms with Crippen LogP contribution in [0.15, 0.2) is 59.4 Å². The van der Waals surface area contributed by atoms with Gasteiger partial charge in [-0.3, -0.25) is 9.78 Å². The lowest BCUT2D eigenvalue weighted by Gasteiger charge is -2.26. The zero-order valence-corrected chi connectivity index (χ0v) is 20.8. The van der Waals surface area contributed by atoms with E-state index < -0.39 is 0 Å². The summed E-state index contributed by atoms with van der Waals surface area (Å²) in [6.45, 7) is 4.73. The number of amides is 2. The van der Waals surface area contributed by atoms with E-state index in [2.05, 4.69) is 27.3 Å². The number of nitrogens with two attached hydrogens (primary N) is 1. The zero-order chi connectivity index (χ0) is 24.5. The number of pyridine rings is 1. The Kier molecular flexibility index (Phi) is 8.86. The normalized spacial score (nSPS) is 13.6. The fraction of sp³-hybridized carbons (Fsp3) is 0.370.